The third-order valence-electron chi connectivity index (χ3n) is 3.69. The number of aromatic amines is 1. The van der Waals surface area contributed by atoms with Crippen molar-refractivity contribution in [1.82, 2.24) is 10.3 Å². The Kier molecular flexibility index (Phi) is 3.80. The molecule has 0 saturated heterocycles. The van der Waals surface area contributed by atoms with E-state index >= 15 is 0 Å². The maximum absolute atomic E-state index is 11.5. The molecule has 0 saturated carbocycles. The fraction of sp³-hybridized carbons (Fsp3) is 0.118. The molecule has 23 heavy (non-hydrogen) atoms. The number of fused-ring (bicyclic) bond motifs is 1. The lowest BCUT2D eigenvalue weighted by molar-refractivity contribution is -0.383. The van der Waals surface area contributed by atoms with E-state index in [4.69, 9.17) is 0 Å². The number of H-pyrrole nitrogens is 1. The number of nitro benzene ring substituents is 1. The summed E-state index contributed by atoms with van der Waals surface area (Å²) >= 11 is 0. The average molecular weight is 309 g/mol. The van der Waals surface area contributed by atoms with Gasteiger partial charge in [0.15, 0.2) is 0 Å². The van der Waals surface area contributed by atoms with Gasteiger partial charge in [0.2, 0.25) is 5.91 Å². The molecule has 6 heteroatoms. The summed E-state index contributed by atoms with van der Waals surface area (Å²) in [4.78, 5) is 25.6. The fourth-order valence-electron chi connectivity index (χ4n) is 2.58. The lowest BCUT2D eigenvalue weighted by Crippen LogP contribution is -2.19. The maximum atomic E-state index is 11.5. The maximum Gasteiger partial charge on any atom is 0.293 e. The topological polar surface area (TPSA) is 88.0 Å². The Balaban J connectivity index is 2.14. The van der Waals surface area contributed by atoms with Crippen molar-refractivity contribution in [1.29, 1.82) is 0 Å². The van der Waals surface area contributed by atoms with Crippen molar-refractivity contribution < 1.29 is 9.72 Å². The second-order valence-corrected chi connectivity index (χ2v) is 5.24. The van der Waals surface area contributed by atoms with E-state index in [0.29, 0.717) is 11.1 Å². The van der Waals surface area contributed by atoms with Crippen LogP contribution in [0.3, 0.4) is 0 Å². The van der Waals surface area contributed by atoms with Crippen molar-refractivity contribution in [2.75, 3.05) is 7.05 Å². The molecule has 1 aromatic heterocycles. The first kappa shape index (κ1) is 14.8. The number of nitro groups is 1. The number of non-ortho nitro benzene ring substituents is 1. The van der Waals surface area contributed by atoms with Crippen LogP contribution in [0.15, 0.2) is 48.5 Å². The van der Waals surface area contributed by atoms with Gasteiger partial charge in [0.25, 0.3) is 5.69 Å². The van der Waals surface area contributed by atoms with Crippen LogP contribution in [0.2, 0.25) is 0 Å². The summed E-state index contributed by atoms with van der Waals surface area (Å²) in [6.07, 6.45) is 0.110. The second-order valence-electron chi connectivity index (χ2n) is 5.24. The number of hydrogen-bond acceptors (Lipinski definition) is 3. The summed E-state index contributed by atoms with van der Waals surface area (Å²) in [5, 5.41) is 14.6. The lowest BCUT2D eigenvalue weighted by atomic mass is 10.1. The third-order valence-corrected chi connectivity index (χ3v) is 3.69. The summed E-state index contributed by atoms with van der Waals surface area (Å²) in [6.45, 7) is 0. The number of carbonyl (C=O) groups excluding carboxylic acids is 1. The highest BCUT2D eigenvalue weighted by Gasteiger charge is 2.18. The molecule has 0 unspecified atom stereocenters. The predicted octanol–water partition coefficient (Wildman–Crippen LogP) is 3.03. The summed E-state index contributed by atoms with van der Waals surface area (Å²) in [6, 6.07) is 14.7. The highest BCUT2D eigenvalue weighted by atomic mass is 16.6. The van der Waals surface area contributed by atoms with E-state index in [1.165, 1.54) is 6.07 Å². The van der Waals surface area contributed by atoms with E-state index in [0.717, 1.165) is 16.6 Å². The minimum absolute atomic E-state index is 0.0245. The zero-order valence-electron chi connectivity index (χ0n) is 12.5. The molecular formula is C17H15N3O3. The van der Waals surface area contributed by atoms with E-state index in [9.17, 15) is 14.9 Å². The van der Waals surface area contributed by atoms with Gasteiger partial charge in [0.05, 0.1) is 11.3 Å². The van der Waals surface area contributed by atoms with Crippen LogP contribution in [0.4, 0.5) is 5.69 Å². The Morgan fingerprint density at radius 1 is 1.22 bits per heavy atom. The average Bonchev–Trinajstić information content (AvgIpc) is 2.98. The van der Waals surface area contributed by atoms with Gasteiger partial charge < -0.3 is 10.3 Å². The van der Waals surface area contributed by atoms with Crippen LogP contribution in [-0.2, 0) is 11.2 Å². The van der Waals surface area contributed by atoms with E-state index in [1.54, 1.807) is 13.1 Å². The zero-order valence-corrected chi connectivity index (χ0v) is 12.5. The number of carbonyl (C=O) groups is 1. The summed E-state index contributed by atoms with van der Waals surface area (Å²) < 4.78 is 0. The molecular weight excluding hydrogens is 294 g/mol. The largest absolute Gasteiger partial charge is 0.359 e. The lowest BCUT2D eigenvalue weighted by Gasteiger charge is -2.02. The number of nitrogens with one attached hydrogen (secondary N) is 2. The molecule has 3 aromatic rings. The van der Waals surface area contributed by atoms with Crippen LogP contribution in [0.25, 0.3) is 22.2 Å². The molecule has 1 amide bonds. The Labute approximate surface area is 132 Å². The van der Waals surface area contributed by atoms with Crippen LogP contribution < -0.4 is 5.32 Å². The van der Waals surface area contributed by atoms with Crippen molar-refractivity contribution >= 4 is 22.5 Å². The molecule has 0 aliphatic heterocycles. The number of likely N-dealkylation sites (N-methyl/N-ethyl adjacent to an activating group) is 1. The molecule has 2 N–H and O–H groups in total. The minimum Gasteiger partial charge on any atom is -0.359 e. The van der Waals surface area contributed by atoms with Gasteiger partial charge in [0.1, 0.15) is 5.52 Å². The van der Waals surface area contributed by atoms with E-state index in [-0.39, 0.29) is 18.0 Å². The van der Waals surface area contributed by atoms with Crippen LogP contribution in [0.1, 0.15) is 5.56 Å². The number of hydrogen-bond donors (Lipinski definition) is 2. The Hall–Kier alpha value is -3.15. The highest BCUT2D eigenvalue weighted by Crippen LogP contribution is 2.31. The number of amides is 1. The number of aromatic nitrogens is 1. The predicted molar refractivity (Wildman–Crippen MR) is 88.2 cm³/mol. The molecule has 0 bridgehead atoms. The first-order chi connectivity index (χ1) is 11.1. The third kappa shape index (κ3) is 2.91. The second kappa shape index (κ2) is 5.92. The summed E-state index contributed by atoms with van der Waals surface area (Å²) in [7, 11) is 1.54. The quantitative estimate of drug-likeness (QED) is 0.573. The Morgan fingerprint density at radius 3 is 2.61 bits per heavy atom. The summed E-state index contributed by atoms with van der Waals surface area (Å²) in [5.74, 6) is -0.183. The molecule has 1 heterocycles. The molecule has 0 aliphatic rings. The Bertz CT molecular complexity index is 885. The van der Waals surface area contributed by atoms with Crippen molar-refractivity contribution in [2.24, 2.45) is 0 Å². The monoisotopic (exact) mass is 309 g/mol. The number of benzene rings is 2. The van der Waals surface area contributed by atoms with Gasteiger partial charge in [-0.1, -0.05) is 30.3 Å². The Morgan fingerprint density at radius 2 is 1.96 bits per heavy atom. The van der Waals surface area contributed by atoms with Crippen LogP contribution in [-0.4, -0.2) is 22.9 Å². The smallest absolute Gasteiger partial charge is 0.293 e. The van der Waals surface area contributed by atoms with Crippen LogP contribution >= 0.6 is 0 Å². The standard InChI is InChI=1S/C17H15N3O3/c1-18-16(21)9-11-7-13-10-14(12-5-3-2-4-6-12)19-17(13)15(8-11)20(22)23/h2-8,10,19H,9H2,1H3,(H,18,21). The normalized spacial score (nSPS) is 10.7. The van der Waals surface area contributed by atoms with Crippen molar-refractivity contribution in [3.8, 4) is 11.3 Å². The molecule has 3 rings (SSSR count). The summed E-state index contributed by atoms with van der Waals surface area (Å²) in [5.41, 5.74) is 2.81. The fourth-order valence-corrected chi connectivity index (χ4v) is 2.58. The van der Waals surface area contributed by atoms with Crippen LogP contribution in [0.5, 0.6) is 0 Å². The highest BCUT2D eigenvalue weighted by molar-refractivity contribution is 5.93. The van der Waals surface area contributed by atoms with Gasteiger partial charge >= 0.3 is 0 Å². The SMILES string of the molecule is CNC(=O)Cc1cc([N+](=O)[O-])c2[nH]c(-c3ccccc3)cc2c1. The molecule has 116 valence electrons. The van der Waals surface area contributed by atoms with Gasteiger partial charge in [-0.2, -0.15) is 0 Å². The van der Waals surface area contributed by atoms with Crippen molar-refractivity contribution in [3.63, 3.8) is 0 Å². The number of rotatable bonds is 4. The molecule has 0 fully saturated rings. The van der Waals surface area contributed by atoms with Gasteiger partial charge in [-0.05, 0) is 23.3 Å². The molecule has 0 radical (unpaired) electrons. The number of nitrogens with zero attached hydrogens (tertiary/aromatic N) is 1. The molecule has 0 spiro atoms. The van der Waals surface area contributed by atoms with Gasteiger partial charge in [-0.25, -0.2) is 0 Å². The molecule has 0 aliphatic carbocycles. The van der Waals surface area contributed by atoms with Crippen molar-refractivity contribution in [2.45, 2.75) is 6.42 Å². The van der Waals surface area contributed by atoms with Gasteiger partial charge in [0, 0.05) is 24.2 Å². The van der Waals surface area contributed by atoms with Gasteiger partial charge in [-0.3, -0.25) is 14.9 Å². The van der Waals surface area contributed by atoms with E-state index < -0.39 is 4.92 Å². The van der Waals surface area contributed by atoms with E-state index in [2.05, 4.69) is 10.3 Å². The molecule has 2 aromatic carbocycles. The van der Waals surface area contributed by atoms with Gasteiger partial charge in [-0.15, -0.1) is 0 Å². The van der Waals surface area contributed by atoms with Crippen LogP contribution in [0, 0.1) is 10.1 Å². The molecule has 6 nitrogen and oxygen atoms in total. The molecule has 0 atom stereocenters. The minimum atomic E-state index is -0.430. The zero-order chi connectivity index (χ0) is 16.4. The first-order valence-corrected chi connectivity index (χ1v) is 7.14. The van der Waals surface area contributed by atoms with E-state index in [1.807, 2.05) is 36.4 Å². The first-order valence-electron chi connectivity index (χ1n) is 7.14. The van der Waals surface area contributed by atoms with Crippen molar-refractivity contribution in [3.05, 3.63) is 64.2 Å².